The maximum absolute atomic E-state index is 5.88. The maximum Gasteiger partial charge on any atom is 0.0260 e. The van der Waals surface area contributed by atoms with Crippen LogP contribution in [0.15, 0.2) is 12.2 Å². The molecule has 11 heavy (non-hydrogen) atoms. The Morgan fingerprint density at radius 1 is 1.00 bits per heavy atom. The highest BCUT2D eigenvalue weighted by Crippen LogP contribution is 2.48. The van der Waals surface area contributed by atoms with E-state index in [1.807, 2.05) is 0 Å². The van der Waals surface area contributed by atoms with Crippen molar-refractivity contribution in [2.75, 3.05) is 11.8 Å². The number of alkyl halides is 2. The van der Waals surface area contributed by atoms with Crippen molar-refractivity contribution in [1.29, 1.82) is 0 Å². The van der Waals surface area contributed by atoms with E-state index < -0.39 is 0 Å². The van der Waals surface area contributed by atoms with Gasteiger partial charge in [0.1, 0.15) is 0 Å². The first-order valence-electron chi connectivity index (χ1n) is 4.17. The van der Waals surface area contributed by atoms with Crippen molar-refractivity contribution in [2.24, 2.45) is 23.7 Å². The lowest BCUT2D eigenvalue weighted by molar-refractivity contribution is 0.373. The van der Waals surface area contributed by atoms with Crippen LogP contribution in [0.5, 0.6) is 0 Å². The van der Waals surface area contributed by atoms with E-state index in [1.54, 1.807) is 0 Å². The van der Waals surface area contributed by atoms with Crippen molar-refractivity contribution in [3.63, 3.8) is 0 Å². The van der Waals surface area contributed by atoms with E-state index in [0.29, 0.717) is 11.8 Å². The quantitative estimate of drug-likeness (QED) is 0.465. The highest BCUT2D eigenvalue weighted by Gasteiger charge is 2.42. The molecular weight excluding hydrogens is 179 g/mol. The molecule has 0 amide bonds. The van der Waals surface area contributed by atoms with E-state index in [1.165, 1.54) is 6.42 Å². The number of hydrogen-bond acceptors (Lipinski definition) is 0. The van der Waals surface area contributed by atoms with Gasteiger partial charge in [0.15, 0.2) is 0 Å². The van der Waals surface area contributed by atoms with Crippen molar-refractivity contribution < 1.29 is 0 Å². The molecule has 0 aromatic heterocycles. The summed E-state index contributed by atoms with van der Waals surface area (Å²) in [4.78, 5) is 0. The predicted molar refractivity (Wildman–Crippen MR) is 49.2 cm³/mol. The first kappa shape index (κ1) is 7.94. The molecule has 0 aromatic carbocycles. The van der Waals surface area contributed by atoms with Gasteiger partial charge in [-0.15, -0.1) is 23.2 Å². The Morgan fingerprint density at radius 2 is 1.45 bits per heavy atom. The van der Waals surface area contributed by atoms with Crippen LogP contribution < -0.4 is 0 Å². The summed E-state index contributed by atoms with van der Waals surface area (Å²) >= 11 is 11.8. The molecule has 2 rings (SSSR count). The summed E-state index contributed by atoms with van der Waals surface area (Å²) in [7, 11) is 0. The fraction of sp³-hybridized carbons (Fsp3) is 0.778. The Balaban J connectivity index is 2.15. The van der Waals surface area contributed by atoms with Crippen LogP contribution in [0.2, 0.25) is 0 Å². The molecule has 0 saturated heterocycles. The minimum absolute atomic E-state index is 0.657. The second-order valence-corrected chi connectivity index (χ2v) is 4.20. The molecular formula is C9H12Cl2. The second-order valence-electron chi connectivity index (χ2n) is 3.58. The summed E-state index contributed by atoms with van der Waals surface area (Å²) in [5.74, 6) is 4.35. The van der Waals surface area contributed by atoms with E-state index in [4.69, 9.17) is 23.2 Å². The van der Waals surface area contributed by atoms with E-state index in [0.717, 1.165) is 23.6 Å². The van der Waals surface area contributed by atoms with Gasteiger partial charge in [-0.2, -0.15) is 0 Å². The third-order valence-corrected chi connectivity index (χ3v) is 3.87. The van der Waals surface area contributed by atoms with Gasteiger partial charge in [-0.05, 0) is 30.1 Å². The van der Waals surface area contributed by atoms with E-state index in [9.17, 15) is 0 Å². The van der Waals surface area contributed by atoms with Crippen LogP contribution >= 0.6 is 23.2 Å². The highest BCUT2D eigenvalue weighted by atomic mass is 35.5. The van der Waals surface area contributed by atoms with Crippen molar-refractivity contribution in [3.8, 4) is 0 Å². The molecule has 0 radical (unpaired) electrons. The summed E-state index contributed by atoms with van der Waals surface area (Å²) in [5.41, 5.74) is 0. The molecule has 62 valence electrons. The molecule has 2 bridgehead atoms. The highest BCUT2D eigenvalue weighted by molar-refractivity contribution is 6.19. The number of rotatable bonds is 2. The van der Waals surface area contributed by atoms with Crippen molar-refractivity contribution in [2.45, 2.75) is 6.42 Å². The van der Waals surface area contributed by atoms with Crippen LogP contribution in [0, 0.1) is 23.7 Å². The van der Waals surface area contributed by atoms with Gasteiger partial charge in [0.2, 0.25) is 0 Å². The third-order valence-electron chi connectivity index (χ3n) is 3.16. The Morgan fingerprint density at radius 3 is 1.82 bits per heavy atom. The summed E-state index contributed by atoms with van der Waals surface area (Å²) in [5, 5.41) is 0. The molecule has 2 heteroatoms. The minimum Gasteiger partial charge on any atom is -0.126 e. The van der Waals surface area contributed by atoms with Gasteiger partial charge in [-0.25, -0.2) is 0 Å². The zero-order valence-corrected chi connectivity index (χ0v) is 7.85. The Labute approximate surface area is 77.6 Å². The normalized spacial score (nSPS) is 47.1. The van der Waals surface area contributed by atoms with Gasteiger partial charge in [0, 0.05) is 11.8 Å². The Hall–Kier alpha value is 0.320. The van der Waals surface area contributed by atoms with E-state index in [2.05, 4.69) is 12.2 Å². The van der Waals surface area contributed by atoms with Crippen molar-refractivity contribution >= 4 is 23.2 Å². The van der Waals surface area contributed by atoms with Crippen molar-refractivity contribution in [1.82, 2.24) is 0 Å². The minimum atomic E-state index is 0.657. The molecule has 0 aromatic rings. The summed E-state index contributed by atoms with van der Waals surface area (Å²) in [6.07, 6.45) is 5.94. The fourth-order valence-corrected chi connectivity index (χ4v) is 3.40. The molecule has 0 aliphatic heterocycles. The summed E-state index contributed by atoms with van der Waals surface area (Å²) in [6, 6.07) is 0. The predicted octanol–water partition coefficient (Wildman–Crippen LogP) is 2.90. The molecule has 2 aliphatic rings. The average Bonchev–Trinajstić information content (AvgIpc) is 2.60. The molecule has 0 nitrogen and oxygen atoms in total. The first-order chi connectivity index (χ1) is 5.36. The molecule has 4 unspecified atom stereocenters. The molecule has 1 saturated carbocycles. The third kappa shape index (κ3) is 1.11. The second kappa shape index (κ2) is 2.99. The number of halogens is 2. The fourth-order valence-electron chi connectivity index (χ4n) is 2.48. The number of hydrogen-bond donors (Lipinski definition) is 0. The van der Waals surface area contributed by atoms with Crippen LogP contribution in [-0.2, 0) is 0 Å². The number of fused-ring (bicyclic) bond motifs is 2. The lowest BCUT2D eigenvalue weighted by Crippen LogP contribution is -2.22. The molecule has 0 spiro atoms. The smallest absolute Gasteiger partial charge is 0.0260 e. The lowest BCUT2D eigenvalue weighted by Gasteiger charge is -2.23. The van der Waals surface area contributed by atoms with Crippen LogP contribution in [-0.4, -0.2) is 11.8 Å². The molecule has 2 aliphatic carbocycles. The van der Waals surface area contributed by atoms with Crippen LogP contribution in [0.4, 0.5) is 0 Å². The van der Waals surface area contributed by atoms with E-state index in [-0.39, 0.29) is 0 Å². The first-order valence-corrected chi connectivity index (χ1v) is 5.24. The summed E-state index contributed by atoms with van der Waals surface area (Å²) in [6.45, 7) is 0. The largest absolute Gasteiger partial charge is 0.126 e. The Bertz CT molecular complexity index is 158. The van der Waals surface area contributed by atoms with Crippen LogP contribution in [0.25, 0.3) is 0 Å². The Kier molecular flexibility index (Phi) is 2.16. The SMILES string of the molecule is ClCC1C2C=CC(C2)C1CCl. The average molecular weight is 191 g/mol. The monoisotopic (exact) mass is 190 g/mol. The van der Waals surface area contributed by atoms with Crippen LogP contribution in [0.3, 0.4) is 0 Å². The van der Waals surface area contributed by atoms with Gasteiger partial charge in [-0.1, -0.05) is 12.2 Å². The lowest BCUT2D eigenvalue weighted by atomic mass is 9.86. The van der Waals surface area contributed by atoms with Gasteiger partial charge < -0.3 is 0 Å². The topological polar surface area (TPSA) is 0 Å². The molecule has 0 heterocycles. The zero-order chi connectivity index (χ0) is 7.84. The van der Waals surface area contributed by atoms with Gasteiger partial charge in [0.25, 0.3) is 0 Å². The summed E-state index contributed by atoms with van der Waals surface area (Å²) < 4.78 is 0. The van der Waals surface area contributed by atoms with Crippen LogP contribution in [0.1, 0.15) is 6.42 Å². The molecule has 4 atom stereocenters. The molecule has 1 fully saturated rings. The number of allylic oxidation sites excluding steroid dienone is 2. The standard InChI is InChI=1S/C9H12Cl2/c10-4-8-6-1-2-7(3-6)9(8)5-11/h1-2,6-9H,3-5H2. The zero-order valence-electron chi connectivity index (χ0n) is 6.34. The molecule has 0 N–H and O–H groups in total. The maximum atomic E-state index is 5.88. The van der Waals surface area contributed by atoms with Crippen molar-refractivity contribution in [3.05, 3.63) is 12.2 Å². The van der Waals surface area contributed by atoms with Gasteiger partial charge in [-0.3, -0.25) is 0 Å². The van der Waals surface area contributed by atoms with Gasteiger partial charge >= 0.3 is 0 Å². The van der Waals surface area contributed by atoms with E-state index >= 15 is 0 Å². The van der Waals surface area contributed by atoms with Gasteiger partial charge in [0.05, 0.1) is 0 Å².